The van der Waals surface area contributed by atoms with Crippen molar-refractivity contribution < 1.29 is 14.0 Å². The van der Waals surface area contributed by atoms with Crippen LogP contribution in [0.3, 0.4) is 0 Å². The molecule has 0 aliphatic carbocycles. The average molecular weight is 389 g/mol. The van der Waals surface area contributed by atoms with Crippen molar-refractivity contribution in [2.24, 2.45) is 0 Å². The van der Waals surface area contributed by atoms with Gasteiger partial charge in [-0.1, -0.05) is 53.5 Å². The third-order valence-corrected chi connectivity index (χ3v) is 4.31. The summed E-state index contributed by atoms with van der Waals surface area (Å²) in [6.07, 6.45) is 0.363. The molecule has 0 bridgehead atoms. The van der Waals surface area contributed by atoms with Crippen LogP contribution in [-0.4, -0.2) is 17.9 Å². The van der Waals surface area contributed by atoms with Gasteiger partial charge >= 0.3 is 0 Å². The number of hydrogen-bond donors (Lipinski definition) is 2. The molecule has 0 saturated heterocycles. The highest BCUT2D eigenvalue weighted by molar-refractivity contribution is 6.42. The van der Waals surface area contributed by atoms with Crippen molar-refractivity contribution in [1.29, 1.82) is 0 Å². The number of ketones is 1. The van der Waals surface area contributed by atoms with E-state index in [0.29, 0.717) is 21.3 Å². The summed E-state index contributed by atoms with van der Waals surface area (Å²) in [6, 6.07) is 16.6. The van der Waals surface area contributed by atoms with E-state index < -0.39 is 12.1 Å². The number of furan rings is 1. The van der Waals surface area contributed by atoms with Crippen molar-refractivity contribution in [3.8, 4) is 0 Å². The largest absolute Gasteiger partial charge is 0.459 e. The van der Waals surface area contributed by atoms with Crippen LogP contribution in [0, 0.1) is 0 Å². The fourth-order valence-corrected chi connectivity index (χ4v) is 2.60. The minimum atomic E-state index is -1.02. The molecule has 0 fully saturated rings. The molecule has 1 unspecified atom stereocenters. The van der Waals surface area contributed by atoms with Crippen molar-refractivity contribution in [3.05, 3.63) is 88.3 Å². The Hall–Kier alpha value is -2.76. The number of amides is 1. The van der Waals surface area contributed by atoms with Crippen molar-refractivity contribution >= 4 is 40.6 Å². The van der Waals surface area contributed by atoms with E-state index >= 15 is 0 Å². The first-order valence-electron chi connectivity index (χ1n) is 7.70. The van der Waals surface area contributed by atoms with Crippen LogP contribution in [0.5, 0.6) is 0 Å². The number of carbonyl (C=O) groups excluding carboxylic acids is 2. The van der Waals surface area contributed by atoms with Gasteiger partial charge in [0.05, 0.1) is 16.3 Å². The Labute approximate surface area is 159 Å². The lowest BCUT2D eigenvalue weighted by molar-refractivity contribution is 0.0853. The van der Waals surface area contributed by atoms with Crippen LogP contribution < -0.4 is 10.6 Å². The Morgan fingerprint density at radius 1 is 0.923 bits per heavy atom. The minimum Gasteiger partial charge on any atom is -0.459 e. The van der Waals surface area contributed by atoms with Crippen molar-refractivity contribution in [2.45, 2.75) is 6.17 Å². The van der Waals surface area contributed by atoms with Crippen LogP contribution >= 0.6 is 23.2 Å². The van der Waals surface area contributed by atoms with E-state index in [0.717, 1.165) is 0 Å². The molecule has 7 heteroatoms. The maximum absolute atomic E-state index is 12.8. The summed E-state index contributed by atoms with van der Waals surface area (Å²) >= 11 is 11.9. The molecule has 1 atom stereocenters. The topological polar surface area (TPSA) is 71.3 Å². The lowest BCUT2D eigenvalue weighted by atomic mass is 10.1. The van der Waals surface area contributed by atoms with Gasteiger partial charge in [-0.15, -0.1) is 0 Å². The van der Waals surface area contributed by atoms with E-state index in [1.165, 1.54) is 12.3 Å². The molecular formula is C19H14Cl2N2O3. The minimum absolute atomic E-state index is 0.104. The number of rotatable bonds is 6. The van der Waals surface area contributed by atoms with Gasteiger partial charge < -0.3 is 15.1 Å². The molecule has 0 saturated carbocycles. The predicted octanol–water partition coefficient (Wildman–Crippen LogP) is 4.64. The molecule has 5 nitrogen and oxygen atoms in total. The summed E-state index contributed by atoms with van der Waals surface area (Å²) in [5, 5.41) is 6.33. The first-order chi connectivity index (χ1) is 12.5. The van der Waals surface area contributed by atoms with Crippen LogP contribution in [0.4, 0.5) is 5.69 Å². The number of benzene rings is 2. The molecule has 0 aliphatic rings. The highest BCUT2D eigenvalue weighted by Gasteiger charge is 2.23. The standard InChI is InChI=1S/C19H14Cl2N2O3/c20-14-9-8-13(11-15(14)21)22-18(17(24)12-5-2-1-3-6-12)23-19(25)16-7-4-10-26-16/h1-11,18,22H,(H,23,25). The van der Waals surface area contributed by atoms with E-state index in [-0.39, 0.29) is 11.5 Å². The highest BCUT2D eigenvalue weighted by atomic mass is 35.5. The SMILES string of the molecule is O=C(NC(Nc1ccc(Cl)c(Cl)c1)C(=O)c1ccccc1)c1ccco1. The molecule has 3 aromatic rings. The van der Waals surface area contributed by atoms with Gasteiger partial charge in [-0.3, -0.25) is 9.59 Å². The summed E-state index contributed by atoms with van der Waals surface area (Å²) in [5.74, 6) is -0.722. The van der Waals surface area contributed by atoms with Gasteiger partial charge in [0.15, 0.2) is 11.9 Å². The molecular weight excluding hydrogens is 375 g/mol. The number of Topliss-reactive ketones (excluding diaryl/α,β-unsaturated/α-hetero) is 1. The first-order valence-corrected chi connectivity index (χ1v) is 8.45. The summed E-state index contributed by atoms with van der Waals surface area (Å²) in [4.78, 5) is 25.2. The second-order valence-electron chi connectivity index (χ2n) is 5.39. The van der Waals surface area contributed by atoms with Crippen LogP contribution in [0.1, 0.15) is 20.9 Å². The Kier molecular flexibility index (Phi) is 5.61. The summed E-state index contributed by atoms with van der Waals surface area (Å²) in [7, 11) is 0. The van der Waals surface area contributed by atoms with Gasteiger partial charge in [-0.2, -0.15) is 0 Å². The van der Waals surface area contributed by atoms with E-state index in [2.05, 4.69) is 10.6 Å². The third kappa shape index (κ3) is 4.25. The fraction of sp³-hybridized carbons (Fsp3) is 0.0526. The predicted molar refractivity (Wildman–Crippen MR) is 101 cm³/mol. The van der Waals surface area contributed by atoms with E-state index in [1.807, 2.05) is 0 Å². The molecule has 2 N–H and O–H groups in total. The highest BCUT2D eigenvalue weighted by Crippen LogP contribution is 2.25. The van der Waals surface area contributed by atoms with Crippen LogP contribution in [-0.2, 0) is 0 Å². The van der Waals surface area contributed by atoms with Crippen molar-refractivity contribution in [3.63, 3.8) is 0 Å². The van der Waals surface area contributed by atoms with Crippen molar-refractivity contribution in [2.75, 3.05) is 5.32 Å². The molecule has 0 aliphatic heterocycles. The Balaban J connectivity index is 1.86. The van der Waals surface area contributed by atoms with Crippen LogP contribution in [0.25, 0.3) is 0 Å². The van der Waals surface area contributed by atoms with Gasteiger partial charge in [0, 0.05) is 11.3 Å². The monoisotopic (exact) mass is 388 g/mol. The smallest absolute Gasteiger partial charge is 0.288 e. The van der Waals surface area contributed by atoms with Gasteiger partial charge in [-0.05, 0) is 30.3 Å². The number of anilines is 1. The average Bonchev–Trinajstić information content (AvgIpc) is 3.19. The molecule has 0 radical (unpaired) electrons. The summed E-state index contributed by atoms with van der Waals surface area (Å²) in [5.41, 5.74) is 0.984. The summed E-state index contributed by atoms with van der Waals surface area (Å²) in [6.45, 7) is 0. The zero-order valence-electron chi connectivity index (χ0n) is 13.4. The molecule has 1 aromatic heterocycles. The lowest BCUT2D eigenvalue weighted by Gasteiger charge is -2.20. The molecule has 2 aromatic carbocycles. The molecule has 132 valence electrons. The number of hydrogen-bond acceptors (Lipinski definition) is 4. The van der Waals surface area contributed by atoms with E-state index in [4.69, 9.17) is 27.6 Å². The Bertz CT molecular complexity index is 912. The zero-order chi connectivity index (χ0) is 18.5. The van der Waals surface area contributed by atoms with Gasteiger partial charge in [-0.25, -0.2) is 0 Å². The number of halogens is 2. The Morgan fingerprint density at radius 2 is 1.69 bits per heavy atom. The fourth-order valence-electron chi connectivity index (χ4n) is 2.30. The summed E-state index contributed by atoms with van der Waals surface area (Å²) < 4.78 is 5.08. The maximum Gasteiger partial charge on any atom is 0.288 e. The zero-order valence-corrected chi connectivity index (χ0v) is 14.9. The van der Waals surface area contributed by atoms with Crippen molar-refractivity contribution in [1.82, 2.24) is 5.32 Å². The Morgan fingerprint density at radius 3 is 2.35 bits per heavy atom. The van der Waals surface area contributed by atoms with E-state index in [9.17, 15) is 9.59 Å². The van der Waals surface area contributed by atoms with Crippen LogP contribution in [0.2, 0.25) is 10.0 Å². The molecule has 26 heavy (non-hydrogen) atoms. The second kappa shape index (κ2) is 8.08. The number of nitrogens with one attached hydrogen (secondary N) is 2. The molecule has 3 rings (SSSR count). The van der Waals surface area contributed by atoms with Gasteiger partial charge in [0.2, 0.25) is 5.78 Å². The molecule has 1 amide bonds. The van der Waals surface area contributed by atoms with Gasteiger partial charge in [0.25, 0.3) is 5.91 Å². The van der Waals surface area contributed by atoms with E-state index in [1.54, 1.807) is 54.6 Å². The normalized spacial score (nSPS) is 11.6. The third-order valence-electron chi connectivity index (χ3n) is 3.57. The lowest BCUT2D eigenvalue weighted by Crippen LogP contribution is -2.46. The van der Waals surface area contributed by atoms with Gasteiger partial charge in [0.1, 0.15) is 0 Å². The maximum atomic E-state index is 12.8. The first kappa shape index (κ1) is 18.0. The quantitative estimate of drug-likeness (QED) is 0.476. The molecule has 1 heterocycles. The molecule has 0 spiro atoms. The number of carbonyl (C=O) groups is 2. The van der Waals surface area contributed by atoms with Crippen LogP contribution in [0.15, 0.2) is 71.3 Å². The second-order valence-corrected chi connectivity index (χ2v) is 6.20.